The first-order valence-electron chi connectivity index (χ1n) is 4.94. The third-order valence-electron chi connectivity index (χ3n) is 1.94. The highest BCUT2D eigenvalue weighted by atomic mass is 35.5. The number of alkyl halides is 3. The van der Waals surface area contributed by atoms with Gasteiger partial charge < -0.3 is 10.6 Å². The number of carbonyl (C=O) groups excluding carboxylic acids is 1. The summed E-state index contributed by atoms with van der Waals surface area (Å²) in [6, 6.07) is 4.03. The lowest BCUT2D eigenvalue weighted by Gasteiger charge is -2.13. The molecule has 0 heterocycles. The van der Waals surface area contributed by atoms with Crippen LogP contribution in [0.25, 0.3) is 0 Å². The van der Waals surface area contributed by atoms with Crippen molar-refractivity contribution in [2.75, 3.05) is 5.32 Å². The Kier molecular flexibility index (Phi) is 5.25. The first kappa shape index (κ1) is 16.1. The summed E-state index contributed by atoms with van der Waals surface area (Å²) in [5, 5.41) is 12.3. The van der Waals surface area contributed by atoms with Gasteiger partial charge in [0.2, 0.25) is 0 Å². The normalized spacial score (nSPS) is 11.7. The Bertz CT molecular complexity index is 594. The number of benzene rings is 1. The van der Waals surface area contributed by atoms with Gasteiger partial charge in [-0.1, -0.05) is 23.2 Å². The maximum absolute atomic E-state index is 12.4. The molecule has 9 heteroatoms. The predicted octanol–water partition coefficient (Wildman–Crippen LogP) is 4.08. The number of allylic oxidation sites excluding steroid dienone is 2. The fourth-order valence-corrected chi connectivity index (χ4v) is 1.41. The molecule has 0 bridgehead atoms. The summed E-state index contributed by atoms with van der Waals surface area (Å²) >= 11 is 11.3. The standard InChI is InChI=1S/C11H6Cl2F3N3O/c12-7-2-1-6(5-8(7)13)18-10(20)19-9(3-4-17)11(14,15)16/h1-3,5H,(H2,18,19,20)/b9-3-. The number of hydrogen-bond acceptors (Lipinski definition) is 2. The molecule has 20 heavy (non-hydrogen) atoms. The molecule has 0 aromatic heterocycles. The van der Waals surface area contributed by atoms with Gasteiger partial charge in [0.25, 0.3) is 0 Å². The van der Waals surface area contributed by atoms with Gasteiger partial charge in [0.05, 0.1) is 16.1 Å². The molecule has 0 fully saturated rings. The second-order valence-corrected chi connectivity index (χ2v) is 4.21. The van der Waals surface area contributed by atoms with Crippen LogP contribution in [0.3, 0.4) is 0 Å². The number of nitrogens with zero attached hydrogens (tertiary/aromatic N) is 1. The Balaban J connectivity index is 2.79. The Morgan fingerprint density at radius 2 is 1.95 bits per heavy atom. The van der Waals surface area contributed by atoms with Crippen LogP contribution < -0.4 is 10.6 Å². The zero-order valence-electron chi connectivity index (χ0n) is 9.55. The second-order valence-electron chi connectivity index (χ2n) is 3.39. The minimum Gasteiger partial charge on any atom is -0.308 e. The molecule has 4 nitrogen and oxygen atoms in total. The summed E-state index contributed by atoms with van der Waals surface area (Å²) in [7, 11) is 0. The SMILES string of the molecule is N#C/C=C(\NC(=O)Nc1ccc(Cl)c(Cl)c1)C(F)(F)F. The van der Waals surface area contributed by atoms with E-state index >= 15 is 0 Å². The molecule has 0 spiro atoms. The molecule has 0 atom stereocenters. The second kappa shape index (κ2) is 6.50. The monoisotopic (exact) mass is 323 g/mol. The van der Waals surface area contributed by atoms with E-state index in [1.54, 1.807) is 0 Å². The summed E-state index contributed by atoms with van der Waals surface area (Å²) in [4.78, 5) is 11.4. The van der Waals surface area contributed by atoms with E-state index < -0.39 is 17.9 Å². The molecular formula is C11H6Cl2F3N3O. The zero-order valence-corrected chi connectivity index (χ0v) is 11.1. The predicted molar refractivity (Wildman–Crippen MR) is 68.4 cm³/mol. The molecule has 0 unspecified atom stereocenters. The van der Waals surface area contributed by atoms with Gasteiger partial charge in [-0.25, -0.2) is 4.79 Å². The maximum Gasteiger partial charge on any atom is 0.432 e. The van der Waals surface area contributed by atoms with E-state index in [-0.39, 0.29) is 21.8 Å². The molecule has 106 valence electrons. The summed E-state index contributed by atoms with van der Waals surface area (Å²) in [5.74, 6) is 0. The summed E-state index contributed by atoms with van der Waals surface area (Å²) in [5.41, 5.74) is -1.33. The molecule has 2 amide bonds. The van der Waals surface area contributed by atoms with E-state index in [2.05, 4.69) is 5.32 Å². The number of rotatable bonds is 2. The highest BCUT2D eigenvalue weighted by Gasteiger charge is 2.35. The van der Waals surface area contributed by atoms with E-state index in [1.165, 1.54) is 29.6 Å². The third-order valence-corrected chi connectivity index (χ3v) is 2.68. The van der Waals surface area contributed by atoms with E-state index in [0.29, 0.717) is 0 Å². The molecule has 2 N–H and O–H groups in total. The van der Waals surface area contributed by atoms with Crippen molar-refractivity contribution in [3.63, 3.8) is 0 Å². The first-order chi connectivity index (χ1) is 9.24. The lowest BCUT2D eigenvalue weighted by molar-refractivity contribution is -0.0952. The number of carbonyl (C=O) groups is 1. The van der Waals surface area contributed by atoms with Crippen molar-refractivity contribution in [1.82, 2.24) is 5.32 Å². The van der Waals surface area contributed by atoms with Gasteiger partial charge in [-0.15, -0.1) is 0 Å². The molecule has 1 aromatic carbocycles. The van der Waals surface area contributed by atoms with E-state index in [4.69, 9.17) is 28.5 Å². The van der Waals surface area contributed by atoms with Crippen LogP contribution in [-0.2, 0) is 0 Å². The molecule has 0 aliphatic heterocycles. The summed E-state index contributed by atoms with van der Waals surface area (Å²) in [6.07, 6.45) is -4.65. The van der Waals surface area contributed by atoms with Crippen molar-refractivity contribution in [3.05, 3.63) is 40.0 Å². The van der Waals surface area contributed by atoms with Crippen molar-refractivity contribution in [2.24, 2.45) is 0 Å². The maximum atomic E-state index is 12.4. The number of nitriles is 1. The topological polar surface area (TPSA) is 64.9 Å². The molecule has 0 saturated heterocycles. The average molecular weight is 324 g/mol. The van der Waals surface area contributed by atoms with Crippen LogP contribution in [0, 0.1) is 11.3 Å². The largest absolute Gasteiger partial charge is 0.432 e. The number of amides is 2. The number of urea groups is 1. The van der Waals surface area contributed by atoms with Gasteiger partial charge in [-0.3, -0.25) is 0 Å². The number of anilines is 1. The fourth-order valence-electron chi connectivity index (χ4n) is 1.11. The molecule has 0 aliphatic carbocycles. The van der Waals surface area contributed by atoms with Crippen LogP contribution in [-0.4, -0.2) is 12.2 Å². The Morgan fingerprint density at radius 1 is 1.30 bits per heavy atom. The smallest absolute Gasteiger partial charge is 0.308 e. The minimum atomic E-state index is -4.84. The van der Waals surface area contributed by atoms with Gasteiger partial charge >= 0.3 is 12.2 Å². The molecular weight excluding hydrogens is 318 g/mol. The van der Waals surface area contributed by atoms with Crippen molar-refractivity contribution < 1.29 is 18.0 Å². The highest BCUT2D eigenvalue weighted by Crippen LogP contribution is 2.26. The van der Waals surface area contributed by atoms with Crippen LogP contribution in [0.15, 0.2) is 30.0 Å². The van der Waals surface area contributed by atoms with Gasteiger partial charge in [0.1, 0.15) is 5.70 Å². The molecule has 1 rings (SSSR count). The van der Waals surface area contributed by atoms with E-state index in [1.807, 2.05) is 0 Å². The molecule has 0 saturated carbocycles. The first-order valence-corrected chi connectivity index (χ1v) is 5.69. The van der Waals surface area contributed by atoms with Gasteiger partial charge in [0.15, 0.2) is 0 Å². The Morgan fingerprint density at radius 3 is 2.45 bits per heavy atom. The van der Waals surface area contributed by atoms with Crippen molar-refractivity contribution in [1.29, 1.82) is 5.26 Å². The van der Waals surface area contributed by atoms with Crippen molar-refractivity contribution >= 4 is 34.9 Å². The van der Waals surface area contributed by atoms with Gasteiger partial charge in [-0.2, -0.15) is 18.4 Å². The average Bonchev–Trinajstić information content (AvgIpc) is 2.32. The lowest BCUT2D eigenvalue weighted by Crippen LogP contribution is -2.34. The third kappa shape index (κ3) is 4.64. The van der Waals surface area contributed by atoms with Crippen LogP contribution in [0.4, 0.5) is 23.7 Å². The quantitative estimate of drug-likeness (QED) is 0.805. The highest BCUT2D eigenvalue weighted by molar-refractivity contribution is 6.42. The number of halogens is 5. The van der Waals surface area contributed by atoms with Crippen LogP contribution in [0.5, 0.6) is 0 Å². The van der Waals surface area contributed by atoms with E-state index in [9.17, 15) is 18.0 Å². The minimum absolute atomic E-state index is 0.132. The summed E-state index contributed by atoms with van der Waals surface area (Å²) in [6.45, 7) is 0. The van der Waals surface area contributed by atoms with Crippen molar-refractivity contribution in [2.45, 2.75) is 6.18 Å². The number of nitrogens with one attached hydrogen (secondary N) is 2. The fraction of sp³-hybridized carbons (Fsp3) is 0.0909. The number of hydrogen-bond donors (Lipinski definition) is 2. The summed E-state index contributed by atoms with van der Waals surface area (Å²) < 4.78 is 37.3. The molecule has 0 aliphatic rings. The van der Waals surface area contributed by atoms with Crippen molar-refractivity contribution in [3.8, 4) is 6.07 Å². The van der Waals surface area contributed by atoms with Crippen LogP contribution >= 0.6 is 23.2 Å². The zero-order chi connectivity index (χ0) is 15.3. The lowest BCUT2D eigenvalue weighted by atomic mass is 10.3. The van der Waals surface area contributed by atoms with Gasteiger partial charge in [-0.05, 0) is 18.2 Å². The van der Waals surface area contributed by atoms with Crippen LogP contribution in [0.2, 0.25) is 10.0 Å². The molecule has 0 radical (unpaired) electrons. The van der Waals surface area contributed by atoms with E-state index in [0.717, 1.165) is 0 Å². The molecule has 1 aromatic rings. The van der Waals surface area contributed by atoms with Crippen LogP contribution in [0.1, 0.15) is 0 Å². The van der Waals surface area contributed by atoms with Gasteiger partial charge in [0, 0.05) is 11.8 Å². The Labute approximate surface area is 121 Å². The Hall–Kier alpha value is -1.91.